The number of benzene rings is 1. The van der Waals surface area contributed by atoms with E-state index in [1.807, 2.05) is 24.4 Å². The minimum atomic E-state index is 0.137. The third-order valence-electron chi connectivity index (χ3n) is 6.04. The monoisotopic (exact) mass is 422 g/mol. The molecule has 8 nitrogen and oxygen atoms in total. The van der Waals surface area contributed by atoms with Crippen LogP contribution in [0.15, 0.2) is 54.7 Å². The molecule has 5 rings (SSSR count). The molecule has 158 valence electrons. The van der Waals surface area contributed by atoms with Crippen molar-refractivity contribution in [1.82, 2.24) is 29.9 Å². The molecule has 3 aromatic heterocycles. The fraction of sp³-hybridized carbons (Fsp3) is 0.250. The Kier molecular flexibility index (Phi) is 4.86. The van der Waals surface area contributed by atoms with Crippen LogP contribution in [0.5, 0.6) is 0 Å². The molecule has 1 aliphatic rings. The lowest BCUT2D eigenvalue weighted by molar-refractivity contribution is 0.264. The number of aromatic nitrogens is 6. The van der Waals surface area contributed by atoms with Gasteiger partial charge in [-0.15, -0.1) is 5.10 Å². The average molecular weight is 422 g/mol. The maximum absolute atomic E-state index is 9.17. The average Bonchev–Trinajstić information content (AvgIpc) is 3.26. The zero-order chi connectivity index (χ0) is 22.1. The van der Waals surface area contributed by atoms with Gasteiger partial charge in [-0.1, -0.05) is 36.8 Å². The minimum Gasteiger partial charge on any atom is -0.368 e. The van der Waals surface area contributed by atoms with Gasteiger partial charge in [0.2, 0.25) is 5.95 Å². The predicted octanol–water partition coefficient (Wildman–Crippen LogP) is 3.74. The van der Waals surface area contributed by atoms with Gasteiger partial charge in [-0.3, -0.25) is 4.98 Å². The normalized spacial score (nSPS) is 14.5. The first-order chi connectivity index (χ1) is 15.5. The Morgan fingerprint density at radius 1 is 1.03 bits per heavy atom. The number of nitrogens with two attached hydrogens (primary N) is 1. The van der Waals surface area contributed by atoms with Crippen molar-refractivity contribution >= 4 is 5.95 Å². The van der Waals surface area contributed by atoms with Crippen molar-refractivity contribution in [2.45, 2.75) is 38.1 Å². The molecule has 8 heteroatoms. The summed E-state index contributed by atoms with van der Waals surface area (Å²) in [6, 6.07) is 17.3. The van der Waals surface area contributed by atoms with E-state index in [9.17, 15) is 0 Å². The Morgan fingerprint density at radius 3 is 2.62 bits per heavy atom. The Labute approximate surface area is 185 Å². The summed E-state index contributed by atoms with van der Waals surface area (Å²) in [4.78, 5) is 13.5. The van der Waals surface area contributed by atoms with E-state index in [-0.39, 0.29) is 11.4 Å². The largest absolute Gasteiger partial charge is 0.368 e. The van der Waals surface area contributed by atoms with Gasteiger partial charge in [0.1, 0.15) is 5.69 Å². The van der Waals surface area contributed by atoms with Gasteiger partial charge in [0, 0.05) is 16.7 Å². The lowest BCUT2D eigenvalue weighted by Gasteiger charge is -2.37. The lowest BCUT2D eigenvalue weighted by Crippen LogP contribution is -2.31. The summed E-state index contributed by atoms with van der Waals surface area (Å²) in [5.41, 5.74) is 11.4. The zero-order valence-electron chi connectivity index (χ0n) is 17.7. The molecule has 2 N–H and O–H groups in total. The number of anilines is 1. The summed E-state index contributed by atoms with van der Waals surface area (Å²) < 4.78 is 1.75. The molecule has 0 radical (unpaired) electrons. The molecule has 1 fully saturated rings. The summed E-state index contributed by atoms with van der Waals surface area (Å²) in [6.07, 6.45) is 5.47. The molecule has 3 heterocycles. The van der Waals surface area contributed by atoms with E-state index in [2.05, 4.69) is 45.4 Å². The highest BCUT2D eigenvalue weighted by molar-refractivity contribution is 5.68. The van der Waals surface area contributed by atoms with Crippen molar-refractivity contribution in [2.24, 2.45) is 0 Å². The minimum absolute atomic E-state index is 0.137. The standard InChI is InChI=1S/C24H22N8/c1-24(9-4-10-24)22-8-3-7-18(27-22)14-32-15-21(30-31-32)20-12-19(28-23(26)29-20)17-6-2-5-16(11-17)13-25/h2-3,5-8,11-12,15H,4,9-10,14H2,1H3,(H2,26,28,29). The first kappa shape index (κ1) is 19.8. The van der Waals surface area contributed by atoms with Crippen molar-refractivity contribution in [3.63, 3.8) is 0 Å². The molecular formula is C24H22N8. The van der Waals surface area contributed by atoms with Crippen molar-refractivity contribution in [1.29, 1.82) is 5.26 Å². The van der Waals surface area contributed by atoms with Gasteiger partial charge in [-0.05, 0) is 43.2 Å². The summed E-state index contributed by atoms with van der Waals surface area (Å²) in [7, 11) is 0. The second kappa shape index (κ2) is 7.85. The summed E-state index contributed by atoms with van der Waals surface area (Å²) in [5, 5.41) is 17.7. The molecule has 0 bridgehead atoms. The molecule has 1 saturated carbocycles. The summed E-state index contributed by atoms with van der Waals surface area (Å²) in [6.45, 7) is 2.80. The van der Waals surface area contributed by atoms with Crippen molar-refractivity contribution in [3.05, 3.63) is 71.7 Å². The van der Waals surface area contributed by atoms with Crippen LogP contribution in [0.2, 0.25) is 0 Å². The van der Waals surface area contributed by atoms with Crippen molar-refractivity contribution in [3.8, 4) is 28.7 Å². The quantitative estimate of drug-likeness (QED) is 0.520. The summed E-state index contributed by atoms with van der Waals surface area (Å²) in [5.74, 6) is 0.137. The fourth-order valence-electron chi connectivity index (χ4n) is 4.02. The Morgan fingerprint density at radius 2 is 1.84 bits per heavy atom. The van der Waals surface area contributed by atoms with Crippen molar-refractivity contribution < 1.29 is 0 Å². The van der Waals surface area contributed by atoms with Gasteiger partial charge in [0.15, 0.2) is 0 Å². The highest BCUT2D eigenvalue weighted by Gasteiger charge is 2.34. The van der Waals surface area contributed by atoms with Gasteiger partial charge in [0.25, 0.3) is 0 Å². The van der Waals surface area contributed by atoms with Crippen LogP contribution in [0, 0.1) is 11.3 Å². The molecule has 0 atom stereocenters. The molecule has 0 aliphatic heterocycles. The summed E-state index contributed by atoms with van der Waals surface area (Å²) >= 11 is 0. The van der Waals surface area contributed by atoms with E-state index < -0.39 is 0 Å². The third-order valence-corrected chi connectivity index (χ3v) is 6.04. The predicted molar refractivity (Wildman–Crippen MR) is 120 cm³/mol. The molecule has 0 saturated heterocycles. The fourth-order valence-corrected chi connectivity index (χ4v) is 4.02. The van der Waals surface area contributed by atoms with E-state index in [1.54, 1.807) is 22.9 Å². The van der Waals surface area contributed by atoms with Crippen LogP contribution in [0.25, 0.3) is 22.6 Å². The van der Waals surface area contributed by atoms with E-state index in [4.69, 9.17) is 16.0 Å². The molecule has 1 aromatic carbocycles. The maximum atomic E-state index is 9.17. The number of rotatable bonds is 5. The number of pyridine rings is 1. The highest BCUT2D eigenvalue weighted by atomic mass is 15.4. The van der Waals surface area contributed by atoms with Crippen LogP contribution >= 0.6 is 0 Å². The zero-order valence-corrected chi connectivity index (χ0v) is 17.7. The topological polar surface area (TPSA) is 119 Å². The maximum Gasteiger partial charge on any atom is 0.221 e. The smallest absolute Gasteiger partial charge is 0.221 e. The van der Waals surface area contributed by atoms with Gasteiger partial charge in [-0.25, -0.2) is 14.6 Å². The van der Waals surface area contributed by atoms with Gasteiger partial charge < -0.3 is 5.73 Å². The van der Waals surface area contributed by atoms with Crippen LogP contribution in [-0.2, 0) is 12.0 Å². The van der Waals surface area contributed by atoms with Crippen molar-refractivity contribution in [2.75, 3.05) is 5.73 Å². The second-order valence-electron chi connectivity index (χ2n) is 8.42. The Balaban J connectivity index is 1.41. The Bertz CT molecular complexity index is 1330. The number of nitriles is 1. The van der Waals surface area contributed by atoms with Crippen LogP contribution in [0.3, 0.4) is 0 Å². The third kappa shape index (κ3) is 3.81. The van der Waals surface area contributed by atoms with Crippen LogP contribution in [0.4, 0.5) is 5.95 Å². The molecule has 0 unspecified atom stereocenters. The molecule has 32 heavy (non-hydrogen) atoms. The molecular weight excluding hydrogens is 400 g/mol. The van der Waals surface area contributed by atoms with Gasteiger partial charge >= 0.3 is 0 Å². The van der Waals surface area contributed by atoms with E-state index in [0.29, 0.717) is 29.2 Å². The van der Waals surface area contributed by atoms with E-state index >= 15 is 0 Å². The first-order valence-corrected chi connectivity index (χ1v) is 10.5. The van der Waals surface area contributed by atoms with Gasteiger partial charge in [-0.2, -0.15) is 5.26 Å². The molecule has 0 amide bonds. The van der Waals surface area contributed by atoms with E-state index in [1.165, 1.54) is 19.3 Å². The highest BCUT2D eigenvalue weighted by Crippen LogP contribution is 2.42. The van der Waals surface area contributed by atoms with Crippen LogP contribution in [-0.4, -0.2) is 29.9 Å². The molecule has 0 spiro atoms. The number of nitrogen functional groups attached to an aromatic ring is 1. The van der Waals surface area contributed by atoms with Gasteiger partial charge in [0.05, 0.1) is 41.5 Å². The Hall–Kier alpha value is -4.12. The molecule has 1 aliphatic carbocycles. The molecule has 4 aromatic rings. The first-order valence-electron chi connectivity index (χ1n) is 10.5. The number of nitrogens with zero attached hydrogens (tertiary/aromatic N) is 7. The van der Waals surface area contributed by atoms with Crippen LogP contribution in [0.1, 0.15) is 43.1 Å². The SMILES string of the molecule is CC1(c2cccc(Cn3cc(-c4cc(-c5cccc(C#N)c5)nc(N)n4)nn3)n2)CCC1. The second-order valence-corrected chi connectivity index (χ2v) is 8.42. The van der Waals surface area contributed by atoms with Crippen LogP contribution < -0.4 is 5.73 Å². The number of hydrogen-bond acceptors (Lipinski definition) is 7. The number of hydrogen-bond donors (Lipinski definition) is 1. The van der Waals surface area contributed by atoms with E-state index in [0.717, 1.165) is 17.0 Å². The lowest BCUT2D eigenvalue weighted by atomic mass is 9.68.